The van der Waals surface area contributed by atoms with Crippen LogP contribution in [0.25, 0.3) is 0 Å². The summed E-state index contributed by atoms with van der Waals surface area (Å²) in [5.41, 5.74) is 0.0514. The van der Waals surface area contributed by atoms with Crippen LogP contribution >= 0.6 is 0 Å². The molecule has 5 heteroatoms. The molecule has 1 heterocycles. The molecule has 17 heavy (non-hydrogen) atoms. The van der Waals surface area contributed by atoms with Crippen molar-refractivity contribution < 1.29 is 4.43 Å². The third-order valence-corrected chi connectivity index (χ3v) is 3.33. The van der Waals surface area contributed by atoms with Gasteiger partial charge in [-0.2, -0.15) is 5.10 Å². The molecule has 1 atom stereocenters. The summed E-state index contributed by atoms with van der Waals surface area (Å²) in [6.07, 6.45) is 2.74. The van der Waals surface area contributed by atoms with E-state index in [9.17, 15) is 0 Å². The lowest BCUT2D eigenvalue weighted by Gasteiger charge is -2.31. The van der Waals surface area contributed by atoms with Crippen molar-refractivity contribution in [2.45, 2.75) is 59.9 Å². The first-order chi connectivity index (χ1) is 7.86. The van der Waals surface area contributed by atoms with Crippen LogP contribution in [0.4, 0.5) is 0 Å². The third-order valence-electron chi connectivity index (χ3n) is 2.51. The molecule has 0 bridgehead atoms. The average molecular weight is 255 g/mol. The molecule has 0 aliphatic rings. The summed E-state index contributed by atoms with van der Waals surface area (Å²) >= 11 is 0. The van der Waals surface area contributed by atoms with Gasteiger partial charge in [0, 0.05) is 6.54 Å². The highest BCUT2D eigenvalue weighted by Crippen LogP contribution is 2.35. The van der Waals surface area contributed by atoms with E-state index in [1.165, 1.54) is 0 Å². The zero-order valence-electron chi connectivity index (χ0n) is 11.9. The number of aryl methyl sites for hydroxylation is 1. The van der Waals surface area contributed by atoms with Gasteiger partial charge in [0.2, 0.25) is 0 Å². The molecule has 0 spiro atoms. The Kier molecular flexibility index (Phi) is 4.88. The molecular formula is C12H25N3OSi. The van der Waals surface area contributed by atoms with Crippen LogP contribution in [0.1, 0.15) is 46.0 Å². The van der Waals surface area contributed by atoms with Crippen LogP contribution in [0.15, 0.2) is 6.33 Å². The van der Waals surface area contributed by atoms with Gasteiger partial charge in [0.25, 0.3) is 0 Å². The standard InChI is InChI=1S/C12H25N3OSi/c1-7-8-15-11(13-9-14-15)10(12(2,3)4)16-17(5)6/h9-10,17H,7-8H2,1-6H3. The number of hydrogen-bond acceptors (Lipinski definition) is 3. The van der Waals surface area contributed by atoms with E-state index < -0.39 is 9.04 Å². The molecule has 0 aliphatic carbocycles. The maximum absolute atomic E-state index is 6.16. The Balaban J connectivity index is 3.00. The summed E-state index contributed by atoms with van der Waals surface area (Å²) in [5.74, 6) is 0.973. The molecule has 1 aromatic heterocycles. The van der Waals surface area contributed by atoms with E-state index in [2.05, 4.69) is 50.9 Å². The summed E-state index contributed by atoms with van der Waals surface area (Å²) < 4.78 is 8.14. The van der Waals surface area contributed by atoms with Gasteiger partial charge >= 0.3 is 0 Å². The Morgan fingerprint density at radius 3 is 2.53 bits per heavy atom. The van der Waals surface area contributed by atoms with Crippen LogP contribution in [-0.4, -0.2) is 23.8 Å². The summed E-state index contributed by atoms with van der Waals surface area (Å²) in [6.45, 7) is 14.0. The van der Waals surface area contributed by atoms with Crippen molar-refractivity contribution in [2.24, 2.45) is 5.41 Å². The van der Waals surface area contributed by atoms with Crippen molar-refractivity contribution in [3.63, 3.8) is 0 Å². The minimum atomic E-state index is -1.09. The minimum absolute atomic E-state index is 0.0446. The first-order valence-electron chi connectivity index (χ1n) is 6.39. The lowest BCUT2D eigenvalue weighted by molar-refractivity contribution is 0.0739. The summed E-state index contributed by atoms with van der Waals surface area (Å²) in [4.78, 5) is 4.40. The van der Waals surface area contributed by atoms with Crippen molar-refractivity contribution in [1.29, 1.82) is 0 Å². The lowest BCUT2D eigenvalue weighted by atomic mass is 9.88. The summed E-state index contributed by atoms with van der Waals surface area (Å²) in [5, 5.41) is 4.29. The number of nitrogens with zero attached hydrogens (tertiary/aromatic N) is 3. The molecular weight excluding hydrogens is 230 g/mol. The molecule has 0 saturated heterocycles. The summed E-state index contributed by atoms with van der Waals surface area (Å²) in [7, 11) is -1.09. The predicted octanol–water partition coefficient (Wildman–Crippen LogP) is 2.78. The zero-order valence-corrected chi connectivity index (χ0v) is 13.1. The van der Waals surface area contributed by atoms with E-state index in [4.69, 9.17) is 4.43 Å². The van der Waals surface area contributed by atoms with Gasteiger partial charge in [-0.25, -0.2) is 9.67 Å². The van der Waals surface area contributed by atoms with Crippen LogP contribution in [0, 0.1) is 5.41 Å². The fourth-order valence-electron chi connectivity index (χ4n) is 1.78. The maximum Gasteiger partial charge on any atom is 0.172 e. The normalized spacial score (nSPS) is 14.3. The Morgan fingerprint density at radius 1 is 1.41 bits per heavy atom. The van der Waals surface area contributed by atoms with Gasteiger partial charge in [-0.15, -0.1) is 0 Å². The van der Waals surface area contributed by atoms with Crippen LogP contribution in [0.5, 0.6) is 0 Å². The average Bonchev–Trinajstić information content (AvgIpc) is 2.61. The second-order valence-electron chi connectivity index (χ2n) is 5.77. The molecule has 1 aromatic rings. The fraction of sp³-hybridized carbons (Fsp3) is 0.833. The molecule has 0 N–H and O–H groups in total. The van der Waals surface area contributed by atoms with Crippen LogP contribution in [0.3, 0.4) is 0 Å². The van der Waals surface area contributed by atoms with Gasteiger partial charge in [0.15, 0.2) is 14.9 Å². The topological polar surface area (TPSA) is 39.9 Å². The molecule has 1 rings (SSSR count). The lowest BCUT2D eigenvalue weighted by Crippen LogP contribution is -2.28. The van der Waals surface area contributed by atoms with E-state index in [1.807, 2.05) is 4.68 Å². The molecule has 98 valence electrons. The number of aromatic nitrogens is 3. The molecule has 0 radical (unpaired) electrons. The van der Waals surface area contributed by atoms with Crippen molar-refractivity contribution in [3.05, 3.63) is 12.2 Å². The third kappa shape index (κ3) is 3.92. The maximum atomic E-state index is 6.16. The van der Waals surface area contributed by atoms with Crippen molar-refractivity contribution in [2.75, 3.05) is 0 Å². The summed E-state index contributed by atoms with van der Waals surface area (Å²) in [6, 6.07) is 0. The predicted molar refractivity (Wildman–Crippen MR) is 72.5 cm³/mol. The highest BCUT2D eigenvalue weighted by molar-refractivity contribution is 6.48. The Bertz CT molecular complexity index is 344. The molecule has 0 saturated carbocycles. The molecule has 0 amide bonds. The van der Waals surface area contributed by atoms with Crippen LogP contribution in [-0.2, 0) is 11.0 Å². The Hall–Kier alpha value is -0.683. The minimum Gasteiger partial charge on any atom is -0.410 e. The monoisotopic (exact) mass is 255 g/mol. The van der Waals surface area contributed by atoms with E-state index in [1.54, 1.807) is 6.33 Å². The fourth-order valence-corrected chi connectivity index (χ4v) is 2.86. The van der Waals surface area contributed by atoms with Crippen molar-refractivity contribution in [1.82, 2.24) is 14.8 Å². The van der Waals surface area contributed by atoms with E-state index in [0.717, 1.165) is 18.8 Å². The van der Waals surface area contributed by atoms with Gasteiger partial charge in [-0.05, 0) is 24.9 Å². The smallest absolute Gasteiger partial charge is 0.172 e. The first kappa shape index (κ1) is 14.4. The largest absolute Gasteiger partial charge is 0.410 e. The Labute approximate surface area is 106 Å². The molecule has 0 aliphatic heterocycles. The van der Waals surface area contributed by atoms with Crippen molar-refractivity contribution >= 4 is 9.04 Å². The van der Waals surface area contributed by atoms with Gasteiger partial charge < -0.3 is 4.43 Å². The SMILES string of the molecule is CCCn1ncnc1C(O[SiH](C)C)C(C)(C)C. The highest BCUT2D eigenvalue weighted by atomic mass is 28.3. The quantitative estimate of drug-likeness (QED) is 0.760. The first-order valence-corrected chi connectivity index (χ1v) is 9.17. The molecule has 1 unspecified atom stereocenters. The Morgan fingerprint density at radius 2 is 2.06 bits per heavy atom. The highest BCUT2D eigenvalue weighted by Gasteiger charge is 2.31. The number of rotatable bonds is 5. The van der Waals surface area contributed by atoms with E-state index in [-0.39, 0.29) is 11.5 Å². The molecule has 0 aromatic carbocycles. The van der Waals surface area contributed by atoms with E-state index >= 15 is 0 Å². The molecule has 4 nitrogen and oxygen atoms in total. The van der Waals surface area contributed by atoms with Gasteiger partial charge in [-0.1, -0.05) is 27.7 Å². The van der Waals surface area contributed by atoms with Gasteiger partial charge in [0.05, 0.1) is 0 Å². The van der Waals surface area contributed by atoms with Gasteiger partial charge in [-0.3, -0.25) is 0 Å². The van der Waals surface area contributed by atoms with E-state index in [0.29, 0.717) is 0 Å². The van der Waals surface area contributed by atoms with Gasteiger partial charge in [0.1, 0.15) is 12.4 Å². The second kappa shape index (κ2) is 5.77. The van der Waals surface area contributed by atoms with Crippen molar-refractivity contribution in [3.8, 4) is 0 Å². The second-order valence-corrected chi connectivity index (χ2v) is 8.14. The van der Waals surface area contributed by atoms with Crippen LogP contribution < -0.4 is 0 Å². The van der Waals surface area contributed by atoms with Crippen LogP contribution in [0.2, 0.25) is 13.1 Å². The zero-order chi connectivity index (χ0) is 13.1. The number of hydrogen-bond donors (Lipinski definition) is 0. The molecule has 0 fully saturated rings.